The van der Waals surface area contributed by atoms with Gasteiger partial charge in [-0.25, -0.2) is 4.98 Å². The Balaban J connectivity index is 2.80. The molecule has 1 N–H and O–H groups in total. The number of nitrogens with zero attached hydrogens (tertiary/aromatic N) is 3. The second kappa shape index (κ2) is 4.21. The normalized spacial score (nSPS) is 10.9. The van der Waals surface area contributed by atoms with Gasteiger partial charge in [0.1, 0.15) is 0 Å². The van der Waals surface area contributed by atoms with Crippen LogP contribution in [0.3, 0.4) is 0 Å². The van der Waals surface area contributed by atoms with E-state index in [-0.39, 0.29) is 17.2 Å². The molecule has 0 aliphatic rings. The summed E-state index contributed by atoms with van der Waals surface area (Å²) in [5.74, 6) is 0. The Morgan fingerprint density at radius 2 is 2.31 bits per heavy atom. The van der Waals surface area contributed by atoms with Crippen LogP contribution in [0.15, 0.2) is 21.5 Å². The van der Waals surface area contributed by atoms with E-state index >= 15 is 0 Å². The minimum absolute atomic E-state index is 0.262. The van der Waals surface area contributed by atoms with E-state index in [0.717, 1.165) is 6.42 Å². The zero-order chi connectivity index (χ0) is 11.7. The van der Waals surface area contributed by atoms with Gasteiger partial charge < -0.3 is 5.11 Å². The van der Waals surface area contributed by atoms with Crippen molar-refractivity contribution >= 4 is 27.0 Å². The van der Waals surface area contributed by atoms with Crippen LogP contribution in [0, 0.1) is 0 Å². The number of hydrogen-bond donors (Lipinski definition) is 1. The summed E-state index contributed by atoms with van der Waals surface area (Å²) in [6, 6.07) is 1.37. The SMILES string of the molecule is CCCn1c(O)nc2ncc(Br)cc2c1=O. The first-order valence-corrected chi connectivity index (χ1v) is 5.68. The van der Waals surface area contributed by atoms with Gasteiger partial charge in [-0.1, -0.05) is 6.92 Å². The largest absolute Gasteiger partial charge is 0.480 e. The number of fused-ring (bicyclic) bond motifs is 1. The summed E-state index contributed by atoms with van der Waals surface area (Å²) in [6.45, 7) is 2.37. The zero-order valence-electron chi connectivity index (χ0n) is 8.64. The highest BCUT2D eigenvalue weighted by Gasteiger charge is 2.10. The number of halogens is 1. The molecule has 6 heteroatoms. The molecule has 0 bridgehead atoms. The summed E-state index contributed by atoms with van der Waals surface area (Å²) in [4.78, 5) is 19.8. The summed E-state index contributed by atoms with van der Waals surface area (Å²) in [5, 5.41) is 9.99. The number of rotatable bonds is 2. The molecule has 2 heterocycles. The van der Waals surface area contributed by atoms with Crippen molar-refractivity contribution in [1.82, 2.24) is 14.5 Å². The maximum atomic E-state index is 12.0. The van der Waals surface area contributed by atoms with Crippen molar-refractivity contribution in [2.75, 3.05) is 0 Å². The standard InChI is InChI=1S/C10H10BrN3O2/c1-2-3-14-9(15)7-4-6(11)5-12-8(7)13-10(14)16/h4-5H,2-3H2,1H3,(H,12,13,16). The highest BCUT2D eigenvalue weighted by atomic mass is 79.9. The molecule has 0 amide bonds. The third-order valence-corrected chi connectivity index (χ3v) is 2.64. The monoisotopic (exact) mass is 283 g/mol. The van der Waals surface area contributed by atoms with Crippen LogP contribution in [-0.2, 0) is 6.54 Å². The van der Waals surface area contributed by atoms with Gasteiger partial charge in [0.2, 0.25) is 0 Å². The van der Waals surface area contributed by atoms with Crippen molar-refractivity contribution in [3.8, 4) is 6.01 Å². The van der Waals surface area contributed by atoms with Gasteiger partial charge >= 0.3 is 0 Å². The van der Waals surface area contributed by atoms with E-state index in [2.05, 4.69) is 25.9 Å². The van der Waals surface area contributed by atoms with Crippen LogP contribution >= 0.6 is 15.9 Å². The minimum Gasteiger partial charge on any atom is -0.480 e. The second-order valence-electron chi connectivity index (χ2n) is 3.39. The number of aromatic hydroxyl groups is 1. The lowest BCUT2D eigenvalue weighted by Gasteiger charge is -2.06. The predicted octanol–water partition coefficient (Wildman–Crippen LogP) is 1.67. The fraction of sp³-hybridized carbons (Fsp3) is 0.300. The molecule has 0 unspecified atom stereocenters. The van der Waals surface area contributed by atoms with E-state index in [0.29, 0.717) is 16.4 Å². The van der Waals surface area contributed by atoms with Gasteiger partial charge in [-0.3, -0.25) is 9.36 Å². The first kappa shape index (κ1) is 11.1. The van der Waals surface area contributed by atoms with Crippen molar-refractivity contribution < 1.29 is 5.11 Å². The van der Waals surface area contributed by atoms with Crippen molar-refractivity contribution in [3.63, 3.8) is 0 Å². The molecule has 0 atom stereocenters. The number of hydrogen-bond acceptors (Lipinski definition) is 4. The van der Waals surface area contributed by atoms with E-state index in [1.165, 1.54) is 4.57 Å². The lowest BCUT2D eigenvalue weighted by atomic mass is 10.3. The summed E-state index contributed by atoms with van der Waals surface area (Å²) >= 11 is 3.25. The van der Waals surface area contributed by atoms with Crippen LogP contribution in [0.1, 0.15) is 13.3 Å². The van der Waals surface area contributed by atoms with Crippen LogP contribution < -0.4 is 5.56 Å². The second-order valence-corrected chi connectivity index (χ2v) is 4.31. The molecule has 0 fully saturated rings. The van der Waals surface area contributed by atoms with Crippen LogP contribution in [0.25, 0.3) is 11.0 Å². The summed E-state index contributed by atoms with van der Waals surface area (Å²) in [6.07, 6.45) is 2.29. The molecule has 0 radical (unpaired) electrons. The average Bonchev–Trinajstić information content (AvgIpc) is 2.26. The Bertz CT molecular complexity index is 594. The Morgan fingerprint density at radius 1 is 1.56 bits per heavy atom. The molecule has 0 saturated carbocycles. The van der Waals surface area contributed by atoms with Gasteiger partial charge in [0.05, 0.1) is 5.39 Å². The lowest BCUT2D eigenvalue weighted by Crippen LogP contribution is -2.21. The molecular weight excluding hydrogens is 274 g/mol. The van der Waals surface area contributed by atoms with Gasteiger partial charge in [-0.2, -0.15) is 4.98 Å². The van der Waals surface area contributed by atoms with Crippen molar-refractivity contribution in [2.24, 2.45) is 0 Å². The molecule has 84 valence electrons. The molecule has 2 rings (SSSR count). The molecule has 2 aromatic rings. The Morgan fingerprint density at radius 3 is 3.00 bits per heavy atom. The molecular formula is C10H10BrN3O2. The predicted molar refractivity (Wildman–Crippen MR) is 63.5 cm³/mol. The van der Waals surface area contributed by atoms with Crippen LogP contribution in [0.4, 0.5) is 0 Å². The Labute approximate surface area is 99.9 Å². The fourth-order valence-electron chi connectivity index (χ4n) is 1.49. The maximum Gasteiger partial charge on any atom is 0.298 e. The average molecular weight is 284 g/mol. The third kappa shape index (κ3) is 1.80. The Hall–Kier alpha value is -1.43. The van der Waals surface area contributed by atoms with Crippen molar-refractivity contribution in [1.29, 1.82) is 0 Å². The topological polar surface area (TPSA) is 68.0 Å². The van der Waals surface area contributed by atoms with E-state index in [1.807, 2.05) is 6.92 Å². The van der Waals surface area contributed by atoms with Gasteiger partial charge in [0, 0.05) is 17.2 Å². The van der Waals surface area contributed by atoms with E-state index in [1.54, 1.807) is 12.3 Å². The highest BCUT2D eigenvalue weighted by molar-refractivity contribution is 9.10. The summed E-state index contributed by atoms with van der Waals surface area (Å²) in [5.41, 5.74) is -0.00352. The van der Waals surface area contributed by atoms with Gasteiger partial charge in [-0.15, -0.1) is 0 Å². The molecule has 5 nitrogen and oxygen atoms in total. The molecule has 0 spiro atoms. The van der Waals surface area contributed by atoms with Gasteiger partial charge in [-0.05, 0) is 28.4 Å². The van der Waals surface area contributed by atoms with Crippen molar-refractivity contribution in [2.45, 2.75) is 19.9 Å². The fourth-order valence-corrected chi connectivity index (χ4v) is 1.83. The molecule has 0 aliphatic carbocycles. The number of pyridine rings is 1. The molecule has 16 heavy (non-hydrogen) atoms. The molecule has 0 saturated heterocycles. The van der Waals surface area contributed by atoms with Crippen LogP contribution in [-0.4, -0.2) is 19.6 Å². The van der Waals surface area contributed by atoms with Crippen LogP contribution in [0.2, 0.25) is 0 Å². The Kier molecular flexibility index (Phi) is 2.91. The zero-order valence-corrected chi connectivity index (χ0v) is 10.2. The molecule has 2 aromatic heterocycles. The summed E-state index contributed by atoms with van der Waals surface area (Å²) in [7, 11) is 0. The van der Waals surface area contributed by atoms with E-state index in [9.17, 15) is 9.90 Å². The first-order chi connectivity index (χ1) is 7.63. The highest BCUT2D eigenvalue weighted by Crippen LogP contribution is 2.15. The number of aromatic nitrogens is 3. The maximum absolute atomic E-state index is 12.0. The summed E-state index contributed by atoms with van der Waals surface area (Å²) < 4.78 is 1.96. The third-order valence-electron chi connectivity index (χ3n) is 2.20. The van der Waals surface area contributed by atoms with E-state index < -0.39 is 0 Å². The van der Waals surface area contributed by atoms with E-state index in [4.69, 9.17) is 0 Å². The lowest BCUT2D eigenvalue weighted by molar-refractivity contribution is 0.385. The van der Waals surface area contributed by atoms with Gasteiger partial charge in [0.25, 0.3) is 11.6 Å². The van der Waals surface area contributed by atoms with Gasteiger partial charge in [0.15, 0.2) is 5.65 Å². The smallest absolute Gasteiger partial charge is 0.298 e. The van der Waals surface area contributed by atoms with Crippen LogP contribution in [0.5, 0.6) is 6.01 Å². The minimum atomic E-state index is -0.283. The first-order valence-electron chi connectivity index (χ1n) is 4.88. The molecule has 0 aromatic carbocycles. The quantitative estimate of drug-likeness (QED) is 0.910. The van der Waals surface area contributed by atoms with Crippen molar-refractivity contribution in [3.05, 3.63) is 27.1 Å². The molecule has 0 aliphatic heterocycles.